The number of halogens is 1. The molecule has 0 amide bonds. The molecule has 0 fully saturated rings. The molecule has 1 aliphatic rings. The van der Waals surface area contributed by atoms with Crippen LogP contribution in [-0.4, -0.2) is 5.60 Å². The van der Waals surface area contributed by atoms with Crippen molar-refractivity contribution in [2.45, 2.75) is 38.8 Å². The molecule has 1 unspecified atom stereocenters. The van der Waals surface area contributed by atoms with Crippen LogP contribution in [0, 0.1) is 6.92 Å². The molecule has 3 rings (SSSR count). The second kappa shape index (κ2) is 5.04. The minimum Gasteiger partial charge on any atom is -0.487 e. The first-order valence-electron chi connectivity index (χ1n) is 7.19. The van der Waals surface area contributed by atoms with E-state index in [1.54, 1.807) is 0 Å². The summed E-state index contributed by atoms with van der Waals surface area (Å²) in [7, 11) is 0. The lowest BCUT2D eigenvalue weighted by atomic mass is 9.93. The first-order valence-corrected chi connectivity index (χ1v) is 7.57. The van der Waals surface area contributed by atoms with Crippen LogP contribution in [0.2, 0.25) is 5.02 Å². The Balaban J connectivity index is 1.97. The summed E-state index contributed by atoms with van der Waals surface area (Å²) in [6.45, 7) is 6.27. The Morgan fingerprint density at radius 3 is 2.71 bits per heavy atom. The molecule has 0 aromatic heterocycles. The van der Waals surface area contributed by atoms with Crippen molar-refractivity contribution in [1.82, 2.24) is 0 Å². The smallest absolute Gasteiger partial charge is 0.123 e. The van der Waals surface area contributed by atoms with E-state index in [-0.39, 0.29) is 11.6 Å². The van der Waals surface area contributed by atoms with Crippen molar-refractivity contribution in [1.29, 1.82) is 0 Å². The van der Waals surface area contributed by atoms with Gasteiger partial charge >= 0.3 is 0 Å². The highest BCUT2D eigenvalue weighted by Gasteiger charge is 2.30. The number of hydrogen-bond donors (Lipinski definition) is 1. The average Bonchev–Trinajstić information content (AvgIpc) is 2.73. The normalized spacial score (nSPS) is 17.2. The summed E-state index contributed by atoms with van der Waals surface area (Å²) in [5, 5.41) is 0.719. The molecule has 1 heterocycles. The summed E-state index contributed by atoms with van der Waals surface area (Å²) >= 11 is 6.10. The lowest BCUT2D eigenvalue weighted by Crippen LogP contribution is -2.24. The first-order chi connectivity index (χ1) is 9.85. The summed E-state index contributed by atoms with van der Waals surface area (Å²) in [5.74, 6) is 0.971. The van der Waals surface area contributed by atoms with E-state index < -0.39 is 0 Å². The van der Waals surface area contributed by atoms with Gasteiger partial charge in [0.2, 0.25) is 0 Å². The maximum atomic E-state index is 6.45. The maximum Gasteiger partial charge on any atom is 0.123 e. The number of fused-ring (bicyclic) bond motifs is 1. The topological polar surface area (TPSA) is 35.2 Å². The van der Waals surface area contributed by atoms with Gasteiger partial charge in [-0.2, -0.15) is 0 Å². The van der Waals surface area contributed by atoms with E-state index in [2.05, 4.69) is 26.8 Å². The van der Waals surface area contributed by atoms with Gasteiger partial charge in [0.15, 0.2) is 0 Å². The monoisotopic (exact) mass is 301 g/mol. The molecular formula is C18H20ClNO. The Morgan fingerprint density at radius 1 is 1.19 bits per heavy atom. The molecule has 21 heavy (non-hydrogen) atoms. The summed E-state index contributed by atoms with van der Waals surface area (Å²) in [6, 6.07) is 11.9. The van der Waals surface area contributed by atoms with Gasteiger partial charge in [0.1, 0.15) is 11.4 Å². The van der Waals surface area contributed by atoms with E-state index in [1.807, 2.05) is 30.3 Å². The molecular weight excluding hydrogens is 282 g/mol. The van der Waals surface area contributed by atoms with Crippen LogP contribution < -0.4 is 10.5 Å². The largest absolute Gasteiger partial charge is 0.487 e. The molecule has 3 heteroatoms. The highest BCUT2D eigenvalue weighted by molar-refractivity contribution is 6.30. The van der Waals surface area contributed by atoms with Gasteiger partial charge in [-0.25, -0.2) is 0 Å². The molecule has 1 atom stereocenters. The van der Waals surface area contributed by atoms with E-state index in [4.69, 9.17) is 22.1 Å². The zero-order valence-corrected chi connectivity index (χ0v) is 13.4. The van der Waals surface area contributed by atoms with Crippen LogP contribution in [-0.2, 0) is 6.42 Å². The van der Waals surface area contributed by atoms with E-state index in [9.17, 15) is 0 Å². The van der Waals surface area contributed by atoms with Crippen molar-refractivity contribution in [3.05, 3.63) is 63.7 Å². The molecule has 0 aliphatic carbocycles. The lowest BCUT2D eigenvalue weighted by Gasteiger charge is -2.17. The number of hydrogen-bond acceptors (Lipinski definition) is 2. The second-order valence-electron chi connectivity index (χ2n) is 6.38. The van der Waals surface area contributed by atoms with E-state index >= 15 is 0 Å². The predicted octanol–water partition coefficient (Wildman–Crippen LogP) is 4.41. The van der Waals surface area contributed by atoms with Crippen LogP contribution in [0.3, 0.4) is 0 Å². The molecule has 2 N–H and O–H groups in total. The number of benzene rings is 2. The van der Waals surface area contributed by atoms with Gasteiger partial charge in [-0.1, -0.05) is 29.8 Å². The highest BCUT2D eigenvalue weighted by Crippen LogP contribution is 2.37. The molecule has 110 valence electrons. The fraction of sp³-hybridized carbons (Fsp3) is 0.333. The molecule has 0 spiro atoms. The van der Waals surface area contributed by atoms with Crippen molar-refractivity contribution in [3.8, 4) is 5.75 Å². The van der Waals surface area contributed by atoms with Gasteiger partial charge in [-0.05, 0) is 61.2 Å². The average molecular weight is 302 g/mol. The van der Waals surface area contributed by atoms with E-state index in [1.165, 1.54) is 5.56 Å². The van der Waals surface area contributed by atoms with Gasteiger partial charge in [-0.15, -0.1) is 0 Å². The molecule has 2 aromatic rings. The number of nitrogens with two attached hydrogens (primary N) is 1. The standard InChI is InChI=1S/C18H20ClNO/c1-11-4-6-14(19)9-15(11)17(20)12-5-7-16-13(8-12)10-18(2,3)21-16/h4-9,17H,10,20H2,1-3H3. The number of rotatable bonds is 2. The van der Waals surface area contributed by atoms with Gasteiger partial charge in [-0.3, -0.25) is 0 Å². The van der Waals surface area contributed by atoms with E-state index in [0.29, 0.717) is 0 Å². The Morgan fingerprint density at radius 2 is 1.95 bits per heavy atom. The summed E-state index contributed by atoms with van der Waals surface area (Å²) in [5.41, 5.74) is 10.9. The van der Waals surface area contributed by atoms with Gasteiger partial charge in [0, 0.05) is 11.4 Å². The van der Waals surface area contributed by atoms with Crippen molar-refractivity contribution in [2.75, 3.05) is 0 Å². The van der Waals surface area contributed by atoms with Gasteiger partial charge in [0.05, 0.1) is 6.04 Å². The van der Waals surface area contributed by atoms with Crippen LogP contribution in [0.5, 0.6) is 5.75 Å². The predicted molar refractivity (Wildman–Crippen MR) is 87.1 cm³/mol. The number of aryl methyl sites for hydroxylation is 1. The van der Waals surface area contributed by atoms with Crippen LogP contribution in [0.15, 0.2) is 36.4 Å². The third-order valence-electron chi connectivity index (χ3n) is 4.02. The molecule has 0 bridgehead atoms. The maximum absolute atomic E-state index is 6.45. The van der Waals surface area contributed by atoms with Crippen molar-refractivity contribution < 1.29 is 4.74 Å². The third kappa shape index (κ3) is 2.78. The quantitative estimate of drug-likeness (QED) is 0.891. The molecule has 2 aromatic carbocycles. The fourth-order valence-corrected chi connectivity index (χ4v) is 3.13. The molecule has 0 radical (unpaired) electrons. The summed E-state index contributed by atoms with van der Waals surface area (Å²) < 4.78 is 5.92. The zero-order chi connectivity index (χ0) is 15.2. The van der Waals surface area contributed by atoms with Crippen molar-refractivity contribution in [2.24, 2.45) is 5.73 Å². The number of ether oxygens (including phenoxy) is 1. The molecule has 1 aliphatic heterocycles. The van der Waals surface area contributed by atoms with Crippen molar-refractivity contribution >= 4 is 11.6 Å². The van der Waals surface area contributed by atoms with Crippen LogP contribution in [0.25, 0.3) is 0 Å². The third-order valence-corrected chi connectivity index (χ3v) is 4.26. The van der Waals surface area contributed by atoms with Gasteiger partial charge < -0.3 is 10.5 Å². The van der Waals surface area contributed by atoms with Crippen LogP contribution >= 0.6 is 11.6 Å². The lowest BCUT2D eigenvalue weighted by molar-refractivity contribution is 0.138. The Kier molecular flexibility index (Phi) is 3.46. The SMILES string of the molecule is Cc1ccc(Cl)cc1C(N)c1ccc2c(c1)CC(C)(C)O2. The Hall–Kier alpha value is -1.51. The Labute approximate surface area is 130 Å². The molecule has 0 saturated heterocycles. The second-order valence-corrected chi connectivity index (χ2v) is 6.82. The minimum atomic E-state index is -0.169. The van der Waals surface area contributed by atoms with Crippen LogP contribution in [0.4, 0.5) is 0 Å². The molecule has 0 saturated carbocycles. The summed E-state index contributed by atoms with van der Waals surface area (Å²) in [4.78, 5) is 0. The van der Waals surface area contributed by atoms with Gasteiger partial charge in [0.25, 0.3) is 0 Å². The first kappa shape index (κ1) is 14.4. The van der Waals surface area contributed by atoms with Crippen molar-refractivity contribution in [3.63, 3.8) is 0 Å². The van der Waals surface area contributed by atoms with Crippen LogP contribution in [0.1, 0.15) is 42.1 Å². The van der Waals surface area contributed by atoms with E-state index in [0.717, 1.165) is 33.9 Å². The fourth-order valence-electron chi connectivity index (χ4n) is 2.95. The Bertz CT molecular complexity index is 694. The minimum absolute atomic E-state index is 0.128. The zero-order valence-electron chi connectivity index (χ0n) is 12.6. The molecule has 2 nitrogen and oxygen atoms in total. The summed E-state index contributed by atoms with van der Waals surface area (Å²) in [6.07, 6.45) is 0.914. The highest BCUT2D eigenvalue weighted by atomic mass is 35.5.